The second-order valence-corrected chi connectivity index (χ2v) is 9.22. The minimum atomic E-state index is -1.000. The van der Waals surface area contributed by atoms with Gasteiger partial charge in [-0.05, 0) is 55.9 Å². The van der Waals surface area contributed by atoms with Gasteiger partial charge in [0.25, 0.3) is 5.91 Å². The Balaban J connectivity index is 1.54. The van der Waals surface area contributed by atoms with Crippen LogP contribution in [0.5, 0.6) is 0 Å². The minimum Gasteiger partial charge on any atom is -0.466 e. The second kappa shape index (κ2) is 9.00. The molecule has 2 fully saturated rings. The number of piperidine rings is 1. The fourth-order valence-corrected chi connectivity index (χ4v) is 5.00. The van der Waals surface area contributed by atoms with E-state index in [-0.39, 0.29) is 30.3 Å². The van der Waals surface area contributed by atoms with Crippen LogP contribution < -0.4 is 4.90 Å². The predicted octanol–water partition coefficient (Wildman–Crippen LogP) is 4.15. The number of hydrogen-bond acceptors (Lipinski definition) is 6. The van der Waals surface area contributed by atoms with Crippen molar-refractivity contribution in [3.63, 3.8) is 0 Å². The lowest BCUT2D eigenvalue weighted by Crippen LogP contribution is -2.47. The molecule has 178 valence electrons. The van der Waals surface area contributed by atoms with E-state index in [2.05, 4.69) is 5.10 Å². The summed E-state index contributed by atoms with van der Waals surface area (Å²) in [7, 11) is 0. The SMILES string of the molecule is CCOC(=O)C1CCN(c2nn(C(=O)c3c(Cl)cccc3C3CC3)c3cccc(F)c23)CC1O. The fourth-order valence-electron chi connectivity index (χ4n) is 4.74. The van der Waals surface area contributed by atoms with Gasteiger partial charge >= 0.3 is 5.97 Å². The van der Waals surface area contributed by atoms with Crippen molar-refractivity contribution in [1.29, 1.82) is 0 Å². The maximum atomic E-state index is 15.0. The third kappa shape index (κ3) is 3.95. The number of fused-ring (bicyclic) bond motifs is 1. The molecular weight excluding hydrogens is 461 g/mol. The molecule has 1 aliphatic heterocycles. The molecule has 2 aliphatic rings. The van der Waals surface area contributed by atoms with Gasteiger partial charge in [-0.2, -0.15) is 4.68 Å². The fraction of sp³-hybridized carbons (Fsp3) is 0.400. The van der Waals surface area contributed by atoms with Crippen molar-refractivity contribution in [2.24, 2.45) is 5.92 Å². The summed E-state index contributed by atoms with van der Waals surface area (Å²) < 4.78 is 21.3. The van der Waals surface area contributed by atoms with Crippen molar-refractivity contribution in [2.75, 3.05) is 24.6 Å². The Hall–Kier alpha value is -2.97. The number of nitrogens with zero attached hydrogens (tertiary/aromatic N) is 3. The molecule has 5 rings (SSSR count). The molecule has 2 unspecified atom stereocenters. The van der Waals surface area contributed by atoms with Crippen LogP contribution in [-0.4, -0.2) is 52.6 Å². The predicted molar refractivity (Wildman–Crippen MR) is 126 cm³/mol. The monoisotopic (exact) mass is 485 g/mol. The molecular formula is C25H25ClFN3O4. The van der Waals surface area contributed by atoms with Gasteiger partial charge in [0.1, 0.15) is 5.82 Å². The minimum absolute atomic E-state index is 0.0670. The van der Waals surface area contributed by atoms with Crippen LogP contribution >= 0.6 is 11.6 Å². The molecule has 9 heteroatoms. The largest absolute Gasteiger partial charge is 0.466 e. The summed E-state index contributed by atoms with van der Waals surface area (Å²) in [4.78, 5) is 27.6. The van der Waals surface area contributed by atoms with Gasteiger partial charge < -0.3 is 14.7 Å². The Labute approximate surface area is 201 Å². The summed E-state index contributed by atoms with van der Waals surface area (Å²) in [5.74, 6) is -1.50. The number of hydrogen-bond donors (Lipinski definition) is 1. The summed E-state index contributed by atoms with van der Waals surface area (Å²) in [6.07, 6.45) is 1.31. The number of ether oxygens (including phenoxy) is 1. The molecule has 1 N–H and O–H groups in total. The molecule has 0 radical (unpaired) electrons. The number of anilines is 1. The number of aromatic nitrogens is 2. The van der Waals surface area contributed by atoms with Crippen molar-refractivity contribution in [1.82, 2.24) is 9.78 Å². The topological polar surface area (TPSA) is 84.7 Å². The van der Waals surface area contributed by atoms with Crippen molar-refractivity contribution < 1.29 is 23.8 Å². The molecule has 34 heavy (non-hydrogen) atoms. The lowest BCUT2D eigenvalue weighted by molar-refractivity contribution is -0.152. The second-order valence-electron chi connectivity index (χ2n) is 8.81. The Bertz CT molecular complexity index is 1270. The highest BCUT2D eigenvalue weighted by Gasteiger charge is 2.37. The van der Waals surface area contributed by atoms with Crippen LogP contribution in [0, 0.1) is 11.7 Å². The Morgan fingerprint density at radius 2 is 1.97 bits per heavy atom. The molecule has 1 aromatic heterocycles. The highest BCUT2D eigenvalue weighted by molar-refractivity contribution is 6.34. The number of β-amino-alcohol motifs (C(OH)–C–C–N with tert-alkyl or cyclic N) is 1. The summed E-state index contributed by atoms with van der Waals surface area (Å²) in [5.41, 5.74) is 1.58. The number of carbonyl (C=O) groups excluding carboxylic acids is 2. The number of esters is 1. The number of halogens is 2. The van der Waals surface area contributed by atoms with E-state index in [1.807, 2.05) is 12.1 Å². The maximum absolute atomic E-state index is 15.0. The molecule has 0 bridgehead atoms. The zero-order valence-corrected chi connectivity index (χ0v) is 19.5. The van der Waals surface area contributed by atoms with Crippen LogP contribution in [-0.2, 0) is 9.53 Å². The van der Waals surface area contributed by atoms with E-state index < -0.39 is 29.7 Å². The number of carbonyl (C=O) groups is 2. The van der Waals surface area contributed by atoms with E-state index in [9.17, 15) is 14.7 Å². The van der Waals surface area contributed by atoms with Crippen molar-refractivity contribution in [3.8, 4) is 0 Å². The van der Waals surface area contributed by atoms with E-state index in [4.69, 9.17) is 16.3 Å². The lowest BCUT2D eigenvalue weighted by Gasteiger charge is -2.34. The quantitative estimate of drug-likeness (QED) is 0.547. The van der Waals surface area contributed by atoms with E-state index in [0.717, 1.165) is 18.4 Å². The standard InChI is InChI=1S/C25H25ClFN3O4/c1-2-34-25(33)16-11-12-29(13-20(16)31)23-22-18(27)7-4-8-19(22)30(28-23)24(32)21-15(14-9-10-14)5-3-6-17(21)26/h3-8,14,16,20,31H,2,9-13H2,1H3. The average molecular weight is 486 g/mol. The van der Waals surface area contributed by atoms with Gasteiger partial charge in [0.2, 0.25) is 0 Å². The molecule has 1 saturated heterocycles. The zero-order valence-electron chi connectivity index (χ0n) is 18.7. The molecule has 2 heterocycles. The van der Waals surface area contributed by atoms with Gasteiger partial charge in [-0.25, -0.2) is 4.39 Å². The molecule has 7 nitrogen and oxygen atoms in total. The maximum Gasteiger partial charge on any atom is 0.311 e. The van der Waals surface area contributed by atoms with Gasteiger partial charge in [0, 0.05) is 13.1 Å². The average Bonchev–Trinajstić information content (AvgIpc) is 3.58. The van der Waals surface area contributed by atoms with Crippen molar-refractivity contribution >= 4 is 40.2 Å². The summed E-state index contributed by atoms with van der Waals surface area (Å²) >= 11 is 6.45. The Kier molecular flexibility index (Phi) is 6.04. The van der Waals surface area contributed by atoms with Crippen LogP contribution in [0.25, 0.3) is 10.9 Å². The normalized spacial score (nSPS) is 20.5. The molecule has 0 spiro atoms. The van der Waals surface area contributed by atoms with Crippen molar-refractivity contribution in [2.45, 2.75) is 38.2 Å². The van der Waals surface area contributed by atoms with E-state index in [1.54, 1.807) is 24.0 Å². The smallest absolute Gasteiger partial charge is 0.311 e. The molecule has 0 amide bonds. The molecule has 2 aromatic carbocycles. The molecule has 1 aliphatic carbocycles. The third-order valence-corrected chi connectivity index (χ3v) is 6.89. The first-order valence-corrected chi connectivity index (χ1v) is 11.9. The number of aliphatic hydroxyl groups excluding tert-OH is 1. The Morgan fingerprint density at radius 1 is 1.21 bits per heavy atom. The number of rotatable bonds is 5. The first-order chi connectivity index (χ1) is 16.4. The van der Waals surface area contributed by atoms with Gasteiger partial charge in [0.05, 0.1) is 40.1 Å². The lowest BCUT2D eigenvalue weighted by atomic mass is 9.94. The van der Waals surface area contributed by atoms with Gasteiger partial charge in [-0.1, -0.05) is 29.8 Å². The molecule has 3 aromatic rings. The summed E-state index contributed by atoms with van der Waals surface area (Å²) in [5, 5.41) is 15.7. The van der Waals surface area contributed by atoms with E-state index in [1.165, 1.54) is 16.8 Å². The third-order valence-electron chi connectivity index (χ3n) is 6.58. The van der Waals surface area contributed by atoms with Crippen LogP contribution in [0.4, 0.5) is 10.2 Å². The summed E-state index contributed by atoms with van der Waals surface area (Å²) in [6, 6.07) is 9.89. The highest BCUT2D eigenvalue weighted by atomic mass is 35.5. The van der Waals surface area contributed by atoms with Crippen LogP contribution in [0.3, 0.4) is 0 Å². The van der Waals surface area contributed by atoms with Crippen molar-refractivity contribution in [3.05, 3.63) is 58.4 Å². The zero-order chi connectivity index (χ0) is 24.0. The number of aliphatic hydroxyl groups is 1. The van der Waals surface area contributed by atoms with E-state index in [0.29, 0.717) is 29.1 Å². The van der Waals surface area contributed by atoms with Gasteiger partial charge in [0.15, 0.2) is 5.82 Å². The highest BCUT2D eigenvalue weighted by Crippen LogP contribution is 2.43. The number of benzene rings is 2. The van der Waals surface area contributed by atoms with Gasteiger partial charge in [-0.3, -0.25) is 9.59 Å². The summed E-state index contributed by atoms with van der Waals surface area (Å²) in [6.45, 7) is 2.37. The first kappa shape index (κ1) is 22.8. The Morgan fingerprint density at radius 3 is 2.68 bits per heavy atom. The van der Waals surface area contributed by atoms with Gasteiger partial charge in [-0.15, -0.1) is 5.10 Å². The first-order valence-electron chi connectivity index (χ1n) is 11.5. The molecule has 2 atom stereocenters. The van der Waals surface area contributed by atoms with E-state index >= 15 is 4.39 Å². The van der Waals surface area contributed by atoms with Crippen LogP contribution in [0.15, 0.2) is 36.4 Å². The molecule has 1 saturated carbocycles. The van der Waals surface area contributed by atoms with Crippen LogP contribution in [0.2, 0.25) is 5.02 Å². The van der Waals surface area contributed by atoms with Crippen LogP contribution in [0.1, 0.15) is 48.0 Å².